The van der Waals surface area contributed by atoms with Crippen LogP contribution in [0.25, 0.3) is 99.4 Å². The summed E-state index contributed by atoms with van der Waals surface area (Å²) in [7, 11) is 0. The second kappa shape index (κ2) is 13.6. The molecule has 15 rings (SSSR count). The molecule has 4 aliphatic rings. The number of fused-ring (bicyclic) bond motifs is 18. The van der Waals surface area contributed by atoms with Crippen molar-refractivity contribution in [2.75, 3.05) is 0 Å². The quantitative estimate of drug-likeness (QED) is 0.155. The maximum Gasteiger partial charge on any atom is 0.0725 e. The molecule has 0 heteroatoms. The zero-order valence-electron chi connectivity index (χ0n) is 39.3. The van der Waals surface area contributed by atoms with Crippen molar-refractivity contribution < 1.29 is 0 Å². The first-order valence-electron chi connectivity index (χ1n) is 24.7. The minimum absolute atomic E-state index is 0.0902. The molecule has 0 heterocycles. The van der Waals surface area contributed by atoms with Crippen molar-refractivity contribution in [2.24, 2.45) is 0 Å². The Labute approximate surface area is 404 Å². The van der Waals surface area contributed by atoms with Gasteiger partial charge in [-0.3, -0.25) is 0 Å². The molecule has 0 bridgehead atoms. The van der Waals surface area contributed by atoms with Gasteiger partial charge < -0.3 is 0 Å². The van der Waals surface area contributed by atoms with Crippen molar-refractivity contribution in [2.45, 2.75) is 43.9 Å². The molecule has 0 unspecified atom stereocenters. The summed E-state index contributed by atoms with van der Waals surface area (Å²) in [5.74, 6) is 0. The Morgan fingerprint density at radius 2 is 0.522 bits per heavy atom. The zero-order chi connectivity index (χ0) is 46.0. The standard InChI is InChI=1S/C69H48/c1-67(2)57-24-12-7-17-45(57)50-33-29-42(38-62(50)67)41-30-36-55-56(37-41)66(43-31-34-51-46-18-8-13-25-58(46)68(3,4)63(51)39-43)54-23-6-5-22-53(54)65(55)44-32-35-52-49-21-11-16-28-61(49)69(64(52)40-44)59-26-14-9-19-47(59)48-20-10-15-27-60(48)69/h5-40H,1-4H3. The van der Waals surface area contributed by atoms with Crippen LogP contribution in [-0.4, -0.2) is 0 Å². The van der Waals surface area contributed by atoms with E-state index in [-0.39, 0.29) is 10.8 Å². The molecule has 0 nitrogen and oxygen atoms in total. The molecule has 0 radical (unpaired) electrons. The minimum Gasteiger partial charge on any atom is -0.0619 e. The Balaban J connectivity index is 1.01. The molecule has 0 saturated heterocycles. The van der Waals surface area contributed by atoms with Gasteiger partial charge in [0.25, 0.3) is 0 Å². The highest BCUT2D eigenvalue weighted by molar-refractivity contribution is 6.22. The monoisotopic (exact) mass is 876 g/mol. The van der Waals surface area contributed by atoms with E-state index in [1.165, 1.54) is 144 Å². The fraction of sp³-hybridized carbons (Fsp3) is 0.101. The number of benzene rings is 11. The fourth-order valence-corrected chi connectivity index (χ4v) is 14.0. The molecule has 0 atom stereocenters. The lowest BCUT2D eigenvalue weighted by Gasteiger charge is -2.31. The predicted molar refractivity (Wildman–Crippen MR) is 289 cm³/mol. The van der Waals surface area contributed by atoms with Crippen molar-refractivity contribution in [3.63, 3.8) is 0 Å². The zero-order valence-corrected chi connectivity index (χ0v) is 39.3. The largest absolute Gasteiger partial charge is 0.0725 e. The van der Waals surface area contributed by atoms with Gasteiger partial charge in [0.2, 0.25) is 0 Å². The van der Waals surface area contributed by atoms with Gasteiger partial charge in [-0.05, 0) is 168 Å². The summed E-state index contributed by atoms with van der Waals surface area (Å²) in [6.45, 7) is 9.56. The third kappa shape index (κ3) is 4.93. The highest BCUT2D eigenvalue weighted by Gasteiger charge is 2.51. The summed E-state index contributed by atoms with van der Waals surface area (Å²) in [4.78, 5) is 0. The van der Waals surface area contributed by atoms with Crippen LogP contribution in [0.3, 0.4) is 0 Å². The maximum atomic E-state index is 2.57. The van der Waals surface area contributed by atoms with Crippen LogP contribution < -0.4 is 0 Å². The Morgan fingerprint density at radius 3 is 1.01 bits per heavy atom. The van der Waals surface area contributed by atoms with Crippen LogP contribution in [-0.2, 0) is 16.2 Å². The second-order valence-electron chi connectivity index (χ2n) is 21.1. The van der Waals surface area contributed by atoms with Gasteiger partial charge in [0, 0.05) is 10.8 Å². The van der Waals surface area contributed by atoms with E-state index >= 15 is 0 Å². The van der Waals surface area contributed by atoms with Crippen LogP contribution in [0.15, 0.2) is 218 Å². The topological polar surface area (TPSA) is 0 Å². The molecule has 0 amide bonds. The summed E-state index contributed by atoms with van der Waals surface area (Å²) < 4.78 is 0. The molecule has 0 saturated carbocycles. The molecule has 11 aromatic carbocycles. The molecule has 69 heavy (non-hydrogen) atoms. The van der Waals surface area contributed by atoms with Gasteiger partial charge in [-0.15, -0.1) is 0 Å². The average molecular weight is 877 g/mol. The first-order valence-corrected chi connectivity index (χ1v) is 24.7. The minimum atomic E-state index is -0.427. The smallest absolute Gasteiger partial charge is 0.0619 e. The van der Waals surface area contributed by atoms with Crippen molar-refractivity contribution in [3.8, 4) is 77.9 Å². The van der Waals surface area contributed by atoms with E-state index < -0.39 is 5.41 Å². The Bertz CT molecular complexity index is 4010. The fourth-order valence-electron chi connectivity index (χ4n) is 14.0. The molecule has 0 N–H and O–H groups in total. The molecule has 324 valence electrons. The molecule has 11 aromatic rings. The number of hydrogen-bond donors (Lipinski definition) is 0. The highest BCUT2D eigenvalue weighted by atomic mass is 14.5. The van der Waals surface area contributed by atoms with E-state index in [0.29, 0.717) is 0 Å². The third-order valence-electron chi connectivity index (χ3n) is 17.1. The maximum absolute atomic E-state index is 2.57. The van der Waals surface area contributed by atoms with Crippen LogP contribution in [0.2, 0.25) is 0 Å². The second-order valence-corrected chi connectivity index (χ2v) is 21.1. The molecule has 1 spiro atoms. The van der Waals surface area contributed by atoms with E-state index in [4.69, 9.17) is 0 Å². The highest BCUT2D eigenvalue weighted by Crippen LogP contribution is 2.63. The van der Waals surface area contributed by atoms with Gasteiger partial charge in [0.1, 0.15) is 0 Å². The van der Waals surface area contributed by atoms with Crippen molar-refractivity contribution in [3.05, 3.63) is 263 Å². The Hall–Kier alpha value is -8.06. The van der Waals surface area contributed by atoms with Crippen molar-refractivity contribution in [1.29, 1.82) is 0 Å². The van der Waals surface area contributed by atoms with Crippen LogP contribution in [0.4, 0.5) is 0 Å². The predicted octanol–water partition coefficient (Wildman–Crippen LogP) is 18.0. The van der Waals surface area contributed by atoms with E-state index in [0.717, 1.165) is 0 Å². The first-order chi connectivity index (χ1) is 33.7. The lowest BCUT2D eigenvalue weighted by atomic mass is 9.70. The van der Waals surface area contributed by atoms with Crippen LogP contribution in [0, 0.1) is 0 Å². The number of rotatable bonds is 3. The summed E-state index contributed by atoms with van der Waals surface area (Å²) in [5.41, 5.74) is 28.6. The van der Waals surface area contributed by atoms with Crippen molar-refractivity contribution >= 4 is 21.5 Å². The summed E-state index contributed by atoms with van der Waals surface area (Å²) in [6.07, 6.45) is 0. The van der Waals surface area contributed by atoms with Crippen LogP contribution >= 0.6 is 0 Å². The normalized spacial score (nSPS) is 15.3. The van der Waals surface area contributed by atoms with Gasteiger partial charge in [0.15, 0.2) is 0 Å². The SMILES string of the molecule is CC1(C)c2ccccc2-c2ccc(-c3ccc4c(-c5ccc6c(c5)C5(c7ccccc7-c7ccccc75)c5ccccc5-6)c5ccccc5c(-c5ccc6c(c5)C(C)(C)c5ccccc5-6)c4c3)cc21. The number of hydrogen-bond acceptors (Lipinski definition) is 0. The third-order valence-corrected chi connectivity index (χ3v) is 17.1. The Morgan fingerprint density at radius 1 is 0.217 bits per heavy atom. The van der Waals surface area contributed by atoms with Gasteiger partial charge in [0.05, 0.1) is 5.41 Å². The molecule has 0 fully saturated rings. The van der Waals surface area contributed by atoms with E-state index in [2.05, 4.69) is 246 Å². The van der Waals surface area contributed by atoms with E-state index in [1.54, 1.807) is 0 Å². The van der Waals surface area contributed by atoms with Gasteiger partial charge >= 0.3 is 0 Å². The average Bonchev–Trinajstić information content (AvgIpc) is 4.02. The van der Waals surface area contributed by atoms with E-state index in [1.807, 2.05) is 0 Å². The molecular weight excluding hydrogens is 829 g/mol. The van der Waals surface area contributed by atoms with Crippen LogP contribution in [0.1, 0.15) is 72.2 Å². The van der Waals surface area contributed by atoms with Crippen molar-refractivity contribution in [1.82, 2.24) is 0 Å². The molecule has 0 aromatic heterocycles. The Kier molecular flexibility index (Phi) is 7.66. The van der Waals surface area contributed by atoms with E-state index in [9.17, 15) is 0 Å². The summed E-state index contributed by atoms with van der Waals surface area (Å²) >= 11 is 0. The van der Waals surface area contributed by atoms with Gasteiger partial charge in [-0.25, -0.2) is 0 Å². The van der Waals surface area contributed by atoms with Gasteiger partial charge in [-0.2, -0.15) is 0 Å². The molecular formula is C69H48. The van der Waals surface area contributed by atoms with Gasteiger partial charge in [-0.1, -0.05) is 222 Å². The van der Waals surface area contributed by atoms with Crippen LogP contribution in [0.5, 0.6) is 0 Å². The summed E-state index contributed by atoms with van der Waals surface area (Å²) in [6, 6.07) is 83.8. The summed E-state index contributed by atoms with van der Waals surface area (Å²) in [5, 5.41) is 5.07. The lowest BCUT2D eigenvalue weighted by molar-refractivity contribution is 0.660. The first kappa shape index (κ1) is 39.0. The molecule has 0 aliphatic heterocycles. The lowest BCUT2D eigenvalue weighted by Crippen LogP contribution is -2.25. The molecule has 4 aliphatic carbocycles.